The predicted octanol–water partition coefficient (Wildman–Crippen LogP) is 5.35. The van der Waals surface area contributed by atoms with E-state index in [2.05, 4.69) is 5.32 Å². The Hall–Kier alpha value is -2.47. The van der Waals surface area contributed by atoms with Crippen LogP contribution in [-0.4, -0.2) is 36.2 Å². The van der Waals surface area contributed by atoms with Gasteiger partial charge in [0.05, 0.1) is 6.10 Å². The highest BCUT2D eigenvalue weighted by Gasteiger charge is 2.16. The van der Waals surface area contributed by atoms with Crippen molar-refractivity contribution in [3.63, 3.8) is 0 Å². The van der Waals surface area contributed by atoms with Crippen molar-refractivity contribution in [1.29, 1.82) is 0 Å². The number of ether oxygens (including phenoxy) is 1. The molecule has 2 aromatic carbocycles. The summed E-state index contributed by atoms with van der Waals surface area (Å²) in [5.41, 5.74) is 1.83. The molecule has 2 amide bonds. The van der Waals surface area contributed by atoms with Crippen molar-refractivity contribution < 1.29 is 14.3 Å². The molecule has 29 heavy (non-hydrogen) atoms. The van der Waals surface area contributed by atoms with Crippen LogP contribution in [0.5, 0.6) is 5.75 Å². The first-order valence-corrected chi connectivity index (χ1v) is 10.9. The van der Waals surface area contributed by atoms with E-state index in [1.165, 1.54) is 17.7 Å². The smallest absolute Gasteiger partial charge is 0.285 e. The van der Waals surface area contributed by atoms with E-state index < -0.39 is 0 Å². The number of hydrogen-bond acceptors (Lipinski definition) is 4. The Morgan fingerprint density at radius 3 is 2.52 bits per heavy atom. The van der Waals surface area contributed by atoms with Crippen molar-refractivity contribution in [2.75, 3.05) is 19.4 Å². The summed E-state index contributed by atoms with van der Waals surface area (Å²) in [4.78, 5) is 26.4. The maximum absolute atomic E-state index is 12.3. The SMILES string of the molecule is CN(C)C(=O)Sc1ccc(NC(=O)CCc2cccc(OC3CCCC3)c2)cc1. The maximum atomic E-state index is 12.3. The maximum Gasteiger partial charge on any atom is 0.285 e. The third-order valence-corrected chi connectivity index (χ3v) is 5.90. The Morgan fingerprint density at radius 1 is 1.10 bits per heavy atom. The van der Waals surface area contributed by atoms with Gasteiger partial charge in [0, 0.05) is 31.1 Å². The minimum absolute atomic E-state index is 0.0269. The number of thioether (sulfide) groups is 1. The summed E-state index contributed by atoms with van der Waals surface area (Å²) < 4.78 is 6.04. The van der Waals surface area contributed by atoms with Crippen molar-refractivity contribution in [3.05, 3.63) is 54.1 Å². The van der Waals surface area contributed by atoms with Crippen LogP contribution >= 0.6 is 11.8 Å². The van der Waals surface area contributed by atoms with Crippen molar-refractivity contribution in [2.45, 2.75) is 49.5 Å². The molecule has 0 radical (unpaired) electrons. The zero-order valence-corrected chi connectivity index (χ0v) is 17.8. The lowest BCUT2D eigenvalue weighted by Crippen LogP contribution is -2.16. The predicted molar refractivity (Wildman–Crippen MR) is 118 cm³/mol. The van der Waals surface area contributed by atoms with E-state index in [1.54, 1.807) is 14.1 Å². The van der Waals surface area contributed by atoms with Crippen LogP contribution in [0.15, 0.2) is 53.4 Å². The van der Waals surface area contributed by atoms with Gasteiger partial charge in [-0.3, -0.25) is 9.59 Å². The first kappa shape index (κ1) is 21.2. The fourth-order valence-corrected chi connectivity index (χ4v) is 3.91. The lowest BCUT2D eigenvalue weighted by Gasteiger charge is -2.14. The van der Waals surface area contributed by atoms with E-state index in [4.69, 9.17) is 4.74 Å². The van der Waals surface area contributed by atoms with Gasteiger partial charge in [-0.05, 0) is 85.8 Å². The second kappa shape index (κ2) is 10.3. The van der Waals surface area contributed by atoms with Gasteiger partial charge in [-0.1, -0.05) is 12.1 Å². The number of anilines is 1. The average molecular weight is 413 g/mol. The Labute approximate surface area is 176 Å². The number of nitrogens with zero attached hydrogens (tertiary/aromatic N) is 1. The third kappa shape index (κ3) is 6.82. The largest absolute Gasteiger partial charge is 0.490 e. The number of hydrogen-bond donors (Lipinski definition) is 1. The van der Waals surface area contributed by atoms with Gasteiger partial charge >= 0.3 is 0 Å². The molecule has 1 saturated carbocycles. The van der Waals surface area contributed by atoms with E-state index in [0.29, 0.717) is 18.9 Å². The Morgan fingerprint density at radius 2 is 1.83 bits per heavy atom. The molecule has 2 aromatic rings. The normalized spacial score (nSPS) is 13.9. The molecule has 0 aliphatic heterocycles. The first-order chi connectivity index (χ1) is 14.0. The Kier molecular flexibility index (Phi) is 7.58. The molecule has 0 heterocycles. The van der Waals surface area contributed by atoms with Crippen LogP contribution in [0.3, 0.4) is 0 Å². The summed E-state index contributed by atoms with van der Waals surface area (Å²) in [5.74, 6) is 0.868. The van der Waals surface area contributed by atoms with Gasteiger partial charge in [-0.2, -0.15) is 0 Å². The molecule has 1 fully saturated rings. The van der Waals surface area contributed by atoms with E-state index in [0.717, 1.165) is 46.5 Å². The molecule has 3 rings (SSSR count). The number of carbonyl (C=O) groups is 2. The Balaban J connectivity index is 1.46. The molecule has 0 spiro atoms. The fraction of sp³-hybridized carbons (Fsp3) is 0.391. The molecule has 0 saturated heterocycles. The number of aryl methyl sites for hydroxylation is 1. The Bertz CT molecular complexity index is 830. The first-order valence-electron chi connectivity index (χ1n) is 10.0. The summed E-state index contributed by atoms with van der Waals surface area (Å²) in [5, 5.41) is 2.89. The van der Waals surface area contributed by atoms with Gasteiger partial charge in [0.2, 0.25) is 5.91 Å². The number of benzene rings is 2. The molecule has 1 N–H and O–H groups in total. The molecular formula is C23H28N2O3S. The standard InChI is InChI=1S/C23H28N2O3S/c1-25(2)23(27)29-21-13-11-18(12-14-21)24-22(26)15-10-17-6-5-9-20(16-17)28-19-7-3-4-8-19/h5-6,9,11-14,16,19H,3-4,7-8,10,15H2,1-2H3,(H,24,26). The molecule has 154 valence electrons. The molecule has 6 heteroatoms. The van der Waals surface area contributed by atoms with Crippen LogP contribution < -0.4 is 10.1 Å². The van der Waals surface area contributed by atoms with Crippen LogP contribution in [0.1, 0.15) is 37.7 Å². The van der Waals surface area contributed by atoms with Crippen LogP contribution in [0.2, 0.25) is 0 Å². The summed E-state index contributed by atoms with van der Waals surface area (Å²) in [7, 11) is 3.45. The van der Waals surface area contributed by atoms with Crippen LogP contribution in [0.4, 0.5) is 10.5 Å². The number of rotatable bonds is 7. The van der Waals surface area contributed by atoms with E-state index >= 15 is 0 Å². The van der Waals surface area contributed by atoms with E-state index in [-0.39, 0.29) is 11.1 Å². The quantitative estimate of drug-likeness (QED) is 0.623. The molecular weight excluding hydrogens is 384 g/mol. The zero-order chi connectivity index (χ0) is 20.6. The second-order valence-corrected chi connectivity index (χ2v) is 8.53. The summed E-state index contributed by atoms with van der Waals surface area (Å²) >= 11 is 1.16. The summed E-state index contributed by atoms with van der Waals surface area (Å²) in [6, 6.07) is 15.4. The summed E-state index contributed by atoms with van der Waals surface area (Å²) in [6.07, 6.45) is 6.16. The number of amides is 2. The fourth-order valence-electron chi connectivity index (χ4n) is 3.25. The zero-order valence-electron chi connectivity index (χ0n) is 17.0. The molecule has 1 aliphatic carbocycles. The van der Waals surface area contributed by atoms with Crippen molar-refractivity contribution >= 4 is 28.6 Å². The van der Waals surface area contributed by atoms with Gasteiger partial charge in [0.15, 0.2) is 0 Å². The second-order valence-electron chi connectivity index (χ2n) is 7.51. The van der Waals surface area contributed by atoms with Gasteiger partial charge in [-0.15, -0.1) is 0 Å². The molecule has 0 aromatic heterocycles. The van der Waals surface area contributed by atoms with Gasteiger partial charge in [-0.25, -0.2) is 0 Å². The van der Waals surface area contributed by atoms with Gasteiger partial charge in [0.25, 0.3) is 5.24 Å². The highest BCUT2D eigenvalue weighted by molar-refractivity contribution is 8.13. The van der Waals surface area contributed by atoms with Crippen LogP contribution in [-0.2, 0) is 11.2 Å². The van der Waals surface area contributed by atoms with Crippen molar-refractivity contribution in [2.24, 2.45) is 0 Å². The number of nitrogens with one attached hydrogen (secondary N) is 1. The minimum Gasteiger partial charge on any atom is -0.490 e. The van der Waals surface area contributed by atoms with E-state index in [9.17, 15) is 9.59 Å². The minimum atomic E-state index is -0.0307. The molecule has 1 aliphatic rings. The number of carbonyl (C=O) groups excluding carboxylic acids is 2. The topological polar surface area (TPSA) is 58.6 Å². The lowest BCUT2D eigenvalue weighted by atomic mass is 10.1. The van der Waals surface area contributed by atoms with Crippen molar-refractivity contribution in [1.82, 2.24) is 4.90 Å². The van der Waals surface area contributed by atoms with Gasteiger partial charge < -0.3 is 15.0 Å². The lowest BCUT2D eigenvalue weighted by molar-refractivity contribution is -0.116. The molecule has 0 unspecified atom stereocenters. The summed E-state index contributed by atoms with van der Waals surface area (Å²) in [6.45, 7) is 0. The monoisotopic (exact) mass is 412 g/mol. The highest BCUT2D eigenvalue weighted by Crippen LogP contribution is 2.25. The van der Waals surface area contributed by atoms with Gasteiger partial charge in [0.1, 0.15) is 5.75 Å². The third-order valence-electron chi connectivity index (χ3n) is 4.85. The average Bonchev–Trinajstić information content (AvgIpc) is 3.21. The highest BCUT2D eigenvalue weighted by atomic mass is 32.2. The van der Waals surface area contributed by atoms with Crippen molar-refractivity contribution in [3.8, 4) is 5.75 Å². The van der Waals surface area contributed by atoms with Crippen LogP contribution in [0.25, 0.3) is 0 Å². The molecule has 0 bridgehead atoms. The van der Waals surface area contributed by atoms with E-state index in [1.807, 2.05) is 48.5 Å². The molecule has 5 nitrogen and oxygen atoms in total. The van der Waals surface area contributed by atoms with Crippen LogP contribution in [0, 0.1) is 0 Å². The molecule has 0 atom stereocenters.